The van der Waals surface area contributed by atoms with Crippen LogP contribution in [0.25, 0.3) is 0 Å². The van der Waals surface area contributed by atoms with Gasteiger partial charge in [0, 0.05) is 12.0 Å². The molecule has 8 nitrogen and oxygen atoms in total. The molecule has 0 aliphatic heterocycles. The van der Waals surface area contributed by atoms with Crippen LogP contribution in [0.4, 0.5) is 5.13 Å². The summed E-state index contributed by atoms with van der Waals surface area (Å²) in [5.74, 6) is -0.687. The number of carbonyl (C=O) groups is 3. The Hall–Kier alpha value is -2.81. The number of Topliss-reactive ketones (excluding diaryl/α,β-unsaturated/α-hetero) is 1. The first-order chi connectivity index (χ1) is 12.4. The predicted molar refractivity (Wildman–Crippen MR) is 95.4 cm³/mol. The van der Waals surface area contributed by atoms with Gasteiger partial charge in [-0.1, -0.05) is 11.3 Å². The van der Waals surface area contributed by atoms with Crippen LogP contribution in [0, 0.1) is 6.92 Å². The van der Waals surface area contributed by atoms with Gasteiger partial charge in [0.05, 0.1) is 13.5 Å². The molecule has 1 heterocycles. The highest BCUT2D eigenvalue weighted by Crippen LogP contribution is 2.15. The van der Waals surface area contributed by atoms with E-state index in [0.717, 1.165) is 5.01 Å². The average Bonchev–Trinajstić information content (AvgIpc) is 3.04. The first-order valence-corrected chi connectivity index (χ1v) is 8.68. The second-order valence-corrected chi connectivity index (χ2v) is 6.58. The molecule has 1 atom stereocenters. The normalized spacial score (nSPS) is 11.5. The maximum atomic E-state index is 12.3. The number of carbonyl (C=O) groups excluding carboxylic acids is 3. The summed E-state index contributed by atoms with van der Waals surface area (Å²) in [6.07, 6.45) is -1.14. The monoisotopic (exact) mass is 377 g/mol. The minimum absolute atomic E-state index is 0.0685. The third-order valence-electron chi connectivity index (χ3n) is 3.38. The molecule has 1 aromatic heterocycles. The number of hydrogen-bond acceptors (Lipinski definition) is 8. The van der Waals surface area contributed by atoms with E-state index in [9.17, 15) is 14.4 Å². The molecular weight excluding hydrogens is 358 g/mol. The van der Waals surface area contributed by atoms with Crippen LogP contribution in [0.1, 0.15) is 35.1 Å². The van der Waals surface area contributed by atoms with Crippen molar-refractivity contribution in [2.45, 2.75) is 32.8 Å². The molecule has 0 fully saturated rings. The van der Waals surface area contributed by atoms with Gasteiger partial charge < -0.3 is 14.8 Å². The summed E-state index contributed by atoms with van der Waals surface area (Å²) in [5, 5.41) is 11.2. The predicted octanol–water partition coefficient (Wildman–Crippen LogP) is 2.39. The van der Waals surface area contributed by atoms with E-state index in [1.165, 1.54) is 25.4 Å². The lowest BCUT2D eigenvalue weighted by Crippen LogP contribution is -2.25. The Kier molecular flexibility index (Phi) is 6.79. The number of nitrogens with zero attached hydrogens (tertiary/aromatic N) is 2. The van der Waals surface area contributed by atoms with E-state index in [1.807, 2.05) is 0 Å². The lowest BCUT2D eigenvalue weighted by Gasteiger charge is -2.12. The molecule has 0 aliphatic carbocycles. The molecule has 0 aliphatic rings. The Morgan fingerprint density at radius 1 is 1.15 bits per heavy atom. The minimum atomic E-state index is -0.940. The number of esters is 1. The van der Waals surface area contributed by atoms with Crippen molar-refractivity contribution in [2.75, 3.05) is 12.4 Å². The van der Waals surface area contributed by atoms with Crippen LogP contribution in [0.5, 0.6) is 5.75 Å². The average molecular weight is 377 g/mol. The number of amides is 1. The van der Waals surface area contributed by atoms with Gasteiger partial charge in [0.15, 0.2) is 6.10 Å². The van der Waals surface area contributed by atoms with E-state index in [1.54, 1.807) is 31.2 Å². The van der Waals surface area contributed by atoms with Crippen molar-refractivity contribution in [3.05, 3.63) is 34.8 Å². The molecule has 0 saturated carbocycles. The molecule has 2 aromatic rings. The van der Waals surface area contributed by atoms with Gasteiger partial charge in [0.2, 0.25) is 16.8 Å². The first-order valence-electron chi connectivity index (χ1n) is 7.86. The van der Waals surface area contributed by atoms with Gasteiger partial charge in [0.1, 0.15) is 10.8 Å². The summed E-state index contributed by atoms with van der Waals surface area (Å²) in [6, 6.07) is 6.51. The number of anilines is 1. The van der Waals surface area contributed by atoms with Gasteiger partial charge in [0.25, 0.3) is 0 Å². The molecule has 0 saturated heterocycles. The van der Waals surface area contributed by atoms with Crippen molar-refractivity contribution >= 4 is 34.1 Å². The van der Waals surface area contributed by atoms with Crippen molar-refractivity contribution in [1.29, 1.82) is 0 Å². The number of ketones is 1. The summed E-state index contributed by atoms with van der Waals surface area (Å²) in [7, 11) is 1.53. The summed E-state index contributed by atoms with van der Waals surface area (Å²) < 4.78 is 10.1. The fraction of sp³-hybridized carbons (Fsp3) is 0.353. The van der Waals surface area contributed by atoms with Crippen LogP contribution in [0.2, 0.25) is 0 Å². The van der Waals surface area contributed by atoms with Crippen LogP contribution in [-0.4, -0.2) is 41.1 Å². The zero-order valence-corrected chi connectivity index (χ0v) is 15.5. The highest BCUT2D eigenvalue weighted by Gasteiger charge is 2.20. The number of rotatable bonds is 8. The molecule has 26 heavy (non-hydrogen) atoms. The highest BCUT2D eigenvalue weighted by molar-refractivity contribution is 7.15. The van der Waals surface area contributed by atoms with Crippen molar-refractivity contribution in [3.8, 4) is 5.75 Å². The van der Waals surface area contributed by atoms with E-state index < -0.39 is 12.1 Å². The van der Waals surface area contributed by atoms with Crippen LogP contribution in [0.15, 0.2) is 24.3 Å². The topological polar surface area (TPSA) is 107 Å². The molecule has 0 bridgehead atoms. The van der Waals surface area contributed by atoms with Crippen LogP contribution in [-0.2, 0) is 14.3 Å². The number of aryl methyl sites for hydroxylation is 1. The number of ether oxygens (including phenoxy) is 2. The molecule has 138 valence electrons. The summed E-state index contributed by atoms with van der Waals surface area (Å²) in [5.41, 5.74) is 0.412. The molecule has 0 unspecified atom stereocenters. The van der Waals surface area contributed by atoms with Crippen LogP contribution < -0.4 is 10.1 Å². The maximum absolute atomic E-state index is 12.3. The van der Waals surface area contributed by atoms with Crippen molar-refractivity contribution in [3.63, 3.8) is 0 Å². The van der Waals surface area contributed by atoms with Crippen LogP contribution >= 0.6 is 11.3 Å². The van der Waals surface area contributed by atoms with Gasteiger partial charge in [-0.2, -0.15) is 0 Å². The third-order valence-corrected chi connectivity index (χ3v) is 4.13. The molecule has 1 aromatic carbocycles. The fourth-order valence-corrected chi connectivity index (χ4v) is 2.65. The second-order valence-electron chi connectivity index (χ2n) is 5.40. The van der Waals surface area contributed by atoms with E-state index in [-0.39, 0.29) is 24.5 Å². The largest absolute Gasteiger partial charge is 0.497 e. The quantitative estimate of drug-likeness (QED) is 0.556. The fourth-order valence-electron chi connectivity index (χ4n) is 2.04. The summed E-state index contributed by atoms with van der Waals surface area (Å²) >= 11 is 1.24. The molecule has 9 heteroatoms. The van der Waals surface area contributed by atoms with Gasteiger partial charge in [-0.25, -0.2) is 0 Å². The number of benzene rings is 1. The number of nitrogens with one attached hydrogen (secondary N) is 1. The SMILES string of the molecule is COc1ccc(C(=O)[C@@H](C)OC(=O)CCC(=O)Nc2nnc(C)s2)cc1. The van der Waals surface area contributed by atoms with E-state index in [4.69, 9.17) is 9.47 Å². The molecular formula is C17H19N3O5S. The number of aromatic nitrogens is 2. The maximum Gasteiger partial charge on any atom is 0.307 e. The van der Waals surface area contributed by atoms with E-state index >= 15 is 0 Å². The molecule has 0 spiro atoms. The van der Waals surface area contributed by atoms with Gasteiger partial charge in [-0.3, -0.25) is 14.4 Å². The second kappa shape index (κ2) is 9.04. The number of hydrogen-bond donors (Lipinski definition) is 1. The third kappa shape index (κ3) is 5.62. The van der Waals surface area contributed by atoms with Gasteiger partial charge in [-0.15, -0.1) is 10.2 Å². The highest BCUT2D eigenvalue weighted by atomic mass is 32.1. The zero-order chi connectivity index (χ0) is 19.1. The Morgan fingerprint density at radius 3 is 2.42 bits per heavy atom. The first kappa shape index (κ1) is 19.5. The van der Waals surface area contributed by atoms with Gasteiger partial charge >= 0.3 is 5.97 Å². The Bertz CT molecular complexity index is 788. The lowest BCUT2D eigenvalue weighted by atomic mass is 10.1. The lowest BCUT2D eigenvalue weighted by molar-refractivity contribution is -0.147. The molecule has 1 amide bonds. The van der Waals surface area contributed by atoms with Gasteiger partial charge in [-0.05, 0) is 38.1 Å². The van der Waals surface area contributed by atoms with Crippen molar-refractivity contribution in [1.82, 2.24) is 10.2 Å². The molecule has 2 rings (SSSR count). The standard InChI is InChI=1S/C17H19N3O5S/c1-10(16(23)12-4-6-13(24-3)7-5-12)25-15(22)9-8-14(21)18-17-20-19-11(2)26-17/h4-7,10H,8-9H2,1-3H3,(H,18,20,21)/t10-/m1/s1. The molecule has 0 radical (unpaired) electrons. The van der Waals surface area contributed by atoms with Crippen LogP contribution in [0.3, 0.4) is 0 Å². The Morgan fingerprint density at radius 2 is 1.85 bits per heavy atom. The smallest absolute Gasteiger partial charge is 0.307 e. The Labute approximate surface area is 154 Å². The van der Waals surface area contributed by atoms with Crippen molar-refractivity contribution in [2.24, 2.45) is 0 Å². The molecule has 1 N–H and O–H groups in total. The summed E-state index contributed by atoms with van der Waals surface area (Å²) in [6.45, 7) is 3.26. The van der Waals surface area contributed by atoms with Crippen molar-refractivity contribution < 1.29 is 23.9 Å². The summed E-state index contributed by atoms with van der Waals surface area (Å²) in [4.78, 5) is 35.9. The number of methoxy groups -OCH3 is 1. The Balaban J connectivity index is 1.78. The zero-order valence-electron chi connectivity index (χ0n) is 14.6. The van der Waals surface area contributed by atoms with E-state index in [0.29, 0.717) is 16.4 Å². The van der Waals surface area contributed by atoms with E-state index in [2.05, 4.69) is 15.5 Å². The minimum Gasteiger partial charge on any atom is -0.497 e.